The molecule has 19 heavy (non-hydrogen) atoms. The van der Waals surface area contributed by atoms with Crippen molar-refractivity contribution in [3.05, 3.63) is 35.6 Å². The van der Waals surface area contributed by atoms with Crippen LogP contribution in [-0.2, 0) is 10.3 Å². The molecule has 1 aliphatic rings. The van der Waals surface area contributed by atoms with Crippen LogP contribution >= 0.6 is 0 Å². The summed E-state index contributed by atoms with van der Waals surface area (Å²) in [5.74, 6) is -0.0865. The van der Waals surface area contributed by atoms with Crippen molar-refractivity contribution >= 4 is 5.91 Å². The summed E-state index contributed by atoms with van der Waals surface area (Å²) in [6.45, 7) is 4.05. The highest BCUT2D eigenvalue weighted by molar-refractivity contribution is 5.82. The van der Waals surface area contributed by atoms with Gasteiger partial charge in [-0.2, -0.15) is 0 Å². The molecule has 0 spiro atoms. The largest absolute Gasteiger partial charge is 0.345 e. The van der Waals surface area contributed by atoms with Crippen LogP contribution in [0, 0.1) is 11.7 Å². The van der Waals surface area contributed by atoms with E-state index in [1.807, 2.05) is 13.8 Å². The molecule has 3 N–H and O–H groups in total. The second-order valence-electron chi connectivity index (χ2n) is 5.79. The molecule has 1 aromatic rings. The molecule has 1 fully saturated rings. The van der Waals surface area contributed by atoms with E-state index >= 15 is 0 Å². The van der Waals surface area contributed by atoms with Crippen molar-refractivity contribution < 1.29 is 9.18 Å². The van der Waals surface area contributed by atoms with Gasteiger partial charge < -0.3 is 11.1 Å². The minimum absolute atomic E-state index is 0.186. The van der Waals surface area contributed by atoms with Crippen molar-refractivity contribution in [1.82, 2.24) is 5.32 Å². The standard InChI is InChI=1S/C15H21FN2O/c1-10(2)9-13(17)14(19)18-15(7-8-15)11-5-3-4-6-12(11)16/h3-6,10,13H,7-9,17H2,1-2H3,(H,18,19)/t13-/m0/s1. The Balaban J connectivity index is 2.07. The summed E-state index contributed by atoms with van der Waals surface area (Å²) >= 11 is 0. The number of hydrogen-bond donors (Lipinski definition) is 2. The van der Waals surface area contributed by atoms with Crippen LogP contribution in [0.5, 0.6) is 0 Å². The van der Waals surface area contributed by atoms with Crippen molar-refractivity contribution in [3.63, 3.8) is 0 Å². The van der Waals surface area contributed by atoms with Crippen LogP contribution in [0.25, 0.3) is 0 Å². The molecule has 1 saturated carbocycles. The molecule has 4 heteroatoms. The molecule has 0 bridgehead atoms. The van der Waals surface area contributed by atoms with E-state index in [1.165, 1.54) is 6.07 Å². The summed E-state index contributed by atoms with van der Waals surface area (Å²) in [7, 11) is 0. The van der Waals surface area contributed by atoms with Crippen LogP contribution in [0.4, 0.5) is 4.39 Å². The van der Waals surface area contributed by atoms with Gasteiger partial charge in [0, 0.05) is 5.56 Å². The van der Waals surface area contributed by atoms with Gasteiger partial charge in [-0.1, -0.05) is 32.0 Å². The summed E-state index contributed by atoms with van der Waals surface area (Å²) in [4.78, 5) is 12.1. The van der Waals surface area contributed by atoms with E-state index in [-0.39, 0.29) is 11.7 Å². The molecule has 0 unspecified atom stereocenters. The average molecular weight is 264 g/mol. The number of nitrogens with one attached hydrogen (secondary N) is 1. The topological polar surface area (TPSA) is 55.1 Å². The van der Waals surface area contributed by atoms with Crippen LogP contribution < -0.4 is 11.1 Å². The number of amides is 1. The van der Waals surface area contributed by atoms with Gasteiger partial charge in [-0.15, -0.1) is 0 Å². The number of rotatable bonds is 5. The Labute approximate surface area is 113 Å². The Morgan fingerprint density at radius 2 is 2.05 bits per heavy atom. The van der Waals surface area contributed by atoms with Crippen molar-refractivity contribution in [3.8, 4) is 0 Å². The van der Waals surface area contributed by atoms with Gasteiger partial charge in [0.1, 0.15) is 5.82 Å². The molecule has 0 aromatic heterocycles. The molecule has 0 heterocycles. The molecule has 1 amide bonds. The first-order valence-corrected chi connectivity index (χ1v) is 6.77. The predicted molar refractivity (Wildman–Crippen MR) is 72.9 cm³/mol. The number of halogens is 1. The van der Waals surface area contributed by atoms with Gasteiger partial charge in [0.25, 0.3) is 0 Å². The maximum absolute atomic E-state index is 13.8. The molecule has 1 aromatic carbocycles. The first-order chi connectivity index (χ1) is 8.94. The fraction of sp³-hybridized carbons (Fsp3) is 0.533. The zero-order valence-corrected chi connectivity index (χ0v) is 11.4. The number of carbonyl (C=O) groups excluding carboxylic acids is 1. The van der Waals surface area contributed by atoms with E-state index in [0.717, 1.165) is 12.8 Å². The molecule has 0 saturated heterocycles. The monoisotopic (exact) mass is 264 g/mol. The Kier molecular flexibility index (Phi) is 3.90. The number of nitrogens with two attached hydrogens (primary N) is 1. The van der Waals surface area contributed by atoms with Crippen molar-refractivity contribution in [2.45, 2.75) is 44.7 Å². The van der Waals surface area contributed by atoms with Gasteiger partial charge in [0.05, 0.1) is 11.6 Å². The zero-order valence-electron chi connectivity index (χ0n) is 11.4. The Hall–Kier alpha value is -1.42. The van der Waals surface area contributed by atoms with Gasteiger partial charge in [-0.05, 0) is 31.2 Å². The molecular weight excluding hydrogens is 243 g/mol. The Morgan fingerprint density at radius 3 is 2.58 bits per heavy atom. The van der Waals surface area contributed by atoms with Gasteiger partial charge in [0.2, 0.25) is 5.91 Å². The lowest BCUT2D eigenvalue weighted by Crippen LogP contribution is -2.46. The van der Waals surface area contributed by atoms with E-state index in [0.29, 0.717) is 17.9 Å². The van der Waals surface area contributed by atoms with Crippen LogP contribution in [0.2, 0.25) is 0 Å². The van der Waals surface area contributed by atoms with Gasteiger partial charge in [-0.3, -0.25) is 4.79 Å². The van der Waals surface area contributed by atoms with Crippen LogP contribution in [0.3, 0.4) is 0 Å². The second kappa shape index (κ2) is 5.29. The third-order valence-corrected chi connectivity index (χ3v) is 3.56. The first-order valence-electron chi connectivity index (χ1n) is 6.77. The van der Waals surface area contributed by atoms with Crippen LogP contribution in [0.1, 0.15) is 38.7 Å². The highest BCUT2D eigenvalue weighted by atomic mass is 19.1. The summed E-state index contributed by atoms with van der Waals surface area (Å²) in [5, 5.41) is 2.93. The summed E-state index contributed by atoms with van der Waals surface area (Å²) in [6.07, 6.45) is 2.18. The minimum atomic E-state index is -0.531. The van der Waals surface area contributed by atoms with Gasteiger partial charge in [0.15, 0.2) is 0 Å². The third-order valence-electron chi connectivity index (χ3n) is 3.56. The molecule has 104 valence electrons. The van der Waals surface area contributed by atoms with Gasteiger partial charge >= 0.3 is 0 Å². The van der Waals surface area contributed by atoms with E-state index in [1.54, 1.807) is 18.2 Å². The average Bonchev–Trinajstić information content (AvgIpc) is 3.09. The van der Waals surface area contributed by atoms with Gasteiger partial charge in [-0.25, -0.2) is 4.39 Å². The number of carbonyl (C=O) groups is 1. The highest BCUT2D eigenvalue weighted by Gasteiger charge is 2.47. The third kappa shape index (κ3) is 3.13. The fourth-order valence-electron chi connectivity index (χ4n) is 2.38. The van der Waals surface area contributed by atoms with E-state index in [9.17, 15) is 9.18 Å². The first kappa shape index (κ1) is 14.0. The van der Waals surface area contributed by atoms with E-state index in [4.69, 9.17) is 5.73 Å². The zero-order chi connectivity index (χ0) is 14.0. The van der Waals surface area contributed by atoms with E-state index < -0.39 is 11.6 Å². The Bertz CT molecular complexity index is 469. The Morgan fingerprint density at radius 1 is 1.42 bits per heavy atom. The van der Waals surface area contributed by atoms with Crippen molar-refractivity contribution in [2.24, 2.45) is 11.7 Å². The summed E-state index contributed by atoms with van der Waals surface area (Å²) < 4.78 is 13.8. The SMILES string of the molecule is CC(C)C[C@H](N)C(=O)NC1(c2ccccc2F)CC1. The predicted octanol–water partition coefficient (Wildman–Crippen LogP) is 2.30. The smallest absolute Gasteiger partial charge is 0.237 e. The summed E-state index contributed by atoms with van der Waals surface area (Å²) in [5.41, 5.74) is 5.90. The number of hydrogen-bond acceptors (Lipinski definition) is 2. The van der Waals surface area contributed by atoms with Crippen LogP contribution in [0.15, 0.2) is 24.3 Å². The molecule has 3 nitrogen and oxygen atoms in total. The molecule has 1 aliphatic carbocycles. The van der Waals surface area contributed by atoms with E-state index in [2.05, 4.69) is 5.32 Å². The lowest BCUT2D eigenvalue weighted by molar-refractivity contribution is -0.123. The maximum atomic E-state index is 13.8. The molecule has 2 rings (SSSR count). The van der Waals surface area contributed by atoms with Crippen molar-refractivity contribution in [2.75, 3.05) is 0 Å². The molecule has 0 aliphatic heterocycles. The number of benzene rings is 1. The normalized spacial score (nSPS) is 18.2. The summed E-state index contributed by atoms with van der Waals surface area (Å²) in [6, 6.07) is 6.08. The van der Waals surface area contributed by atoms with Crippen molar-refractivity contribution in [1.29, 1.82) is 0 Å². The maximum Gasteiger partial charge on any atom is 0.237 e. The fourth-order valence-corrected chi connectivity index (χ4v) is 2.38. The van der Waals surface area contributed by atoms with Crippen LogP contribution in [-0.4, -0.2) is 11.9 Å². The lowest BCUT2D eigenvalue weighted by Gasteiger charge is -2.22. The second-order valence-corrected chi connectivity index (χ2v) is 5.79. The lowest BCUT2D eigenvalue weighted by atomic mass is 10.0. The minimum Gasteiger partial charge on any atom is -0.345 e. The molecular formula is C15H21FN2O. The quantitative estimate of drug-likeness (QED) is 0.857. The molecule has 0 radical (unpaired) electrons. The highest BCUT2D eigenvalue weighted by Crippen LogP contribution is 2.46. The molecule has 1 atom stereocenters.